The van der Waals surface area contributed by atoms with Crippen molar-refractivity contribution in [1.29, 1.82) is 5.26 Å². The van der Waals surface area contributed by atoms with Crippen molar-refractivity contribution in [2.24, 2.45) is 11.3 Å². The molecule has 1 saturated carbocycles. The van der Waals surface area contributed by atoms with Gasteiger partial charge in [0.15, 0.2) is 0 Å². The molecule has 0 spiro atoms. The third-order valence-corrected chi connectivity index (χ3v) is 5.31. The molecule has 1 aliphatic heterocycles. The van der Waals surface area contributed by atoms with Crippen LogP contribution in [0.1, 0.15) is 39.7 Å². The van der Waals surface area contributed by atoms with Crippen LogP contribution in [0.4, 0.5) is 5.69 Å². The van der Waals surface area contributed by atoms with Crippen LogP contribution in [-0.4, -0.2) is 18.8 Å². The van der Waals surface area contributed by atoms with Crippen LogP contribution in [0.3, 0.4) is 0 Å². The number of hydrogen-bond acceptors (Lipinski definition) is 3. The molecule has 21 heavy (non-hydrogen) atoms. The maximum atomic E-state index is 9.20. The fraction of sp³-hybridized carbons (Fsp3) is 0.611. The molecule has 2 fully saturated rings. The standard InChI is InChI=1S/C18H24N2O/c1-17(2,11-19)12-5-7-13(8-6-12)20-15-14-9-10-21-16(14)18(15,3)4/h5-8,14-16,20H,9-10H2,1-4H3. The molecule has 0 radical (unpaired) electrons. The normalized spacial score (nSPS) is 30.1. The summed E-state index contributed by atoms with van der Waals surface area (Å²) in [5.74, 6) is 0.634. The molecule has 3 heteroatoms. The summed E-state index contributed by atoms with van der Waals surface area (Å²) in [7, 11) is 0. The van der Waals surface area contributed by atoms with E-state index in [1.165, 1.54) is 0 Å². The third-order valence-electron chi connectivity index (χ3n) is 5.31. The van der Waals surface area contributed by atoms with Gasteiger partial charge < -0.3 is 10.1 Å². The predicted octanol–water partition coefficient (Wildman–Crippen LogP) is 3.71. The van der Waals surface area contributed by atoms with Gasteiger partial charge in [-0.2, -0.15) is 5.26 Å². The number of nitrogens with zero attached hydrogens (tertiary/aromatic N) is 1. The topological polar surface area (TPSA) is 45.0 Å². The minimum atomic E-state index is -0.432. The van der Waals surface area contributed by atoms with Crippen LogP contribution < -0.4 is 5.32 Å². The van der Waals surface area contributed by atoms with E-state index in [9.17, 15) is 5.26 Å². The van der Waals surface area contributed by atoms with Gasteiger partial charge in [0.2, 0.25) is 0 Å². The average molecular weight is 284 g/mol. The van der Waals surface area contributed by atoms with Gasteiger partial charge in [-0.15, -0.1) is 0 Å². The highest BCUT2D eigenvalue weighted by Crippen LogP contribution is 2.53. The Balaban J connectivity index is 1.73. The molecule has 3 nitrogen and oxygen atoms in total. The Hall–Kier alpha value is -1.53. The number of anilines is 1. The minimum absolute atomic E-state index is 0.186. The second kappa shape index (κ2) is 4.74. The Kier molecular flexibility index (Phi) is 3.26. The van der Waals surface area contributed by atoms with Crippen molar-refractivity contribution in [3.63, 3.8) is 0 Å². The zero-order valence-electron chi connectivity index (χ0n) is 13.3. The van der Waals surface area contributed by atoms with Crippen LogP contribution in [0.5, 0.6) is 0 Å². The lowest BCUT2D eigenvalue weighted by Crippen LogP contribution is -2.63. The lowest BCUT2D eigenvalue weighted by Gasteiger charge is -2.55. The summed E-state index contributed by atoms with van der Waals surface area (Å²) in [6, 6.07) is 11.1. The van der Waals surface area contributed by atoms with Crippen molar-refractivity contribution < 1.29 is 4.74 Å². The maximum absolute atomic E-state index is 9.20. The number of fused-ring (bicyclic) bond motifs is 1. The van der Waals surface area contributed by atoms with Crippen molar-refractivity contribution in [2.75, 3.05) is 11.9 Å². The molecule has 112 valence electrons. The van der Waals surface area contributed by atoms with Crippen molar-refractivity contribution in [2.45, 2.75) is 51.7 Å². The van der Waals surface area contributed by atoms with E-state index < -0.39 is 5.41 Å². The molecule has 3 unspecified atom stereocenters. The fourth-order valence-electron chi connectivity index (χ4n) is 3.84. The molecule has 1 aromatic carbocycles. The molecule has 2 aliphatic rings. The van der Waals surface area contributed by atoms with E-state index in [4.69, 9.17) is 4.74 Å². The smallest absolute Gasteiger partial charge is 0.0766 e. The molecular weight excluding hydrogens is 260 g/mol. The van der Waals surface area contributed by atoms with Crippen molar-refractivity contribution in [3.8, 4) is 6.07 Å². The zero-order chi connectivity index (χ0) is 15.3. The summed E-state index contributed by atoms with van der Waals surface area (Å²) < 4.78 is 5.84. The lowest BCUT2D eigenvalue weighted by molar-refractivity contribution is -0.0923. The average Bonchev–Trinajstić information content (AvgIpc) is 2.92. The first kappa shape index (κ1) is 14.4. The van der Waals surface area contributed by atoms with E-state index in [1.54, 1.807) is 0 Å². The van der Waals surface area contributed by atoms with Gasteiger partial charge in [0.05, 0.1) is 17.6 Å². The Labute approximate surface area is 127 Å². The summed E-state index contributed by atoms with van der Waals surface area (Å²) in [5, 5.41) is 12.9. The lowest BCUT2D eigenvalue weighted by atomic mass is 9.57. The summed E-state index contributed by atoms with van der Waals surface area (Å²) in [6.07, 6.45) is 1.57. The molecule has 3 atom stereocenters. The predicted molar refractivity (Wildman–Crippen MR) is 84.1 cm³/mol. The Morgan fingerprint density at radius 3 is 2.57 bits per heavy atom. The summed E-state index contributed by atoms with van der Waals surface area (Å²) in [6.45, 7) is 9.36. The van der Waals surface area contributed by atoms with Crippen LogP contribution >= 0.6 is 0 Å². The van der Waals surface area contributed by atoms with Crippen molar-refractivity contribution >= 4 is 5.69 Å². The molecule has 3 rings (SSSR count). The summed E-state index contributed by atoms with van der Waals surface area (Å²) in [4.78, 5) is 0. The Morgan fingerprint density at radius 1 is 1.29 bits per heavy atom. The van der Waals surface area contributed by atoms with Crippen molar-refractivity contribution in [3.05, 3.63) is 29.8 Å². The molecular formula is C18H24N2O. The Morgan fingerprint density at radius 2 is 1.95 bits per heavy atom. The monoisotopic (exact) mass is 284 g/mol. The van der Waals surface area contributed by atoms with E-state index >= 15 is 0 Å². The van der Waals surface area contributed by atoms with E-state index in [0.717, 1.165) is 24.3 Å². The van der Waals surface area contributed by atoms with Gasteiger partial charge >= 0.3 is 0 Å². The van der Waals surface area contributed by atoms with Crippen molar-refractivity contribution in [1.82, 2.24) is 0 Å². The first-order valence-corrected chi connectivity index (χ1v) is 7.76. The van der Waals surface area contributed by atoms with Gasteiger partial charge in [0, 0.05) is 29.7 Å². The number of nitriles is 1. The van der Waals surface area contributed by atoms with Crippen LogP contribution in [0.15, 0.2) is 24.3 Å². The SMILES string of the molecule is CC(C)(C#N)c1ccc(NC2C3CCOC3C2(C)C)cc1. The van der Waals surface area contributed by atoms with Gasteiger partial charge in [0.1, 0.15) is 0 Å². The highest BCUT2D eigenvalue weighted by atomic mass is 16.5. The second-order valence-electron chi connectivity index (χ2n) is 7.50. The maximum Gasteiger partial charge on any atom is 0.0766 e. The van der Waals surface area contributed by atoms with Crippen LogP contribution in [0, 0.1) is 22.7 Å². The van der Waals surface area contributed by atoms with Gasteiger partial charge in [-0.25, -0.2) is 0 Å². The largest absolute Gasteiger partial charge is 0.381 e. The number of benzene rings is 1. The quantitative estimate of drug-likeness (QED) is 0.920. The van der Waals surface area contributed by atoms with Crippen LogP contribution in [0.2, 0.25) is 0 Å². The first-order valence-electron chi connectivity index (χ1n) is 7.76. The molecule has 1 saturated heterocycles. The van der Waals surface area contributed by atoms with Crippen LogP contribution in [0.25, 0.3) is 0 Å². The molecule has 1 aliphatic carbocycles. The molecule has 0 amide bonds. The molecule has 1 aromatic rings. The number of nitrogens with one attached hydrogen (secondary N) is 1. The molecule has 0 aromatic heterocycles. The van der Waals surface area contributed by atoms with Gasteiger partial charge in [-0.05, 0) is 38.0 Å². The zero-order valence-corrected chi connectivity index (χ0v) is 13.3. The van der Waals surface area contributed by atoms with Gasteiger partial charge in [0.25, 0.3) is 0 Å². The number of hydrogen-bond donors (Lipinski definition) is 1. The minimum Gasteiger partial charge on any atom is -0.381 e. The second-order valence-corrected chi connectivity index (χ2v) is 7.50. The van der Waals surface area contributed by atoms with E-state index in [2.05, 4.69) is 49.5 Å². The van der Waals surface area contributed by atoms with E-state index in [0.29, 0.717) is 18.1 Å². The Bertz CT molecular complexity index is 568. The molecule has 1 N–H and O–H groups in total. The third kappa shape index (κ3) is 2.22. The summed E-state index contributed by atoms with van der Waals surface area (Å²) in [5.41, 5.74) is 1.95. The number of rotatable bonds is 3. The molecule has 1 heterocycles. The number of ether oxygens (including phenoxy) is 1. The van der Waals surface area contributed by atoms with E-state index in [1.807, 2.05) is 13.8 Å². The van der Waals surface area contributed by atoms with Gasteiger partial charge in [-0.1, -0.05) is 26.0 Å². The fourth-order valence-corrected chi connectivity index (χ4v) is 3.84. The van der Waals surface area contributed by atoms with E-state index in [-0.39, 0.29) is 5.41 Å². The van der Waals surface area contributed by atoms with Crippen LogP contribution in [-0.2, 0) is 10.2 Å². The van der Waals surface area contributed by atoms with Gasteiger partial charge in [-0.3, -0.25) is 0 Å². The summed E-state index contributed by atoms with van der Waals surface area (Å²) >= 11 is 0. The molecule has 0 bridgehead atoms. The highest BCUT2D eigenvalue weighted by molar-refractivity contribution is 5.49. The highest BCUT2D eigenvalue weighted by Gasteiger charge is 2.59. The first-order chi connectivity index (χ1) is 9.86.